The minimum Gasteiger partial charge on any atom is -0.492 e. The van der Waals surface area contributed by atoms with Gasteiger partial charge in [0.15, 0.2) is 11.6 Å². The molecule has 3 N–H and O–H groups in total. The van der Waals surface area contributed by atoms with Crippen LogP contribution < -0.4 is 20.9 Å². The van der Waals surface area contributed by atoms with E-state index >= 15 is 4.39 Å². The maximum Gasteiger partial charge on any atom is 0.329 e. The number of nitrogens with zero attached hydrogens (tertiary/aromatic N) is 2. The molecule has 11 heteroatoms. The summed E-state index contributed by atoms with van der Waals surface area (Å²) in [7, 11) is 1.25. The number of aliphatic hydroxyl groups excluding tert-OH is 2. The van der Waals surface area contributed by atoms with Gasteiger partial charge in [0.1, 0.15) is 11.2 Å². The minimum absolute atomic E-state index is 0.0724. The van der Waals surface area contributed by atoms with Crippen LogP contribution in [0.5, 0.6) is 5.75 Å². The molecule has 0 bridgehead atoms. The SMILES string of the molecule is COc1c(N2CC3CCCC(O)C(O)C3C2)c(F)c(C(F)F)c2c(=O)[nH]c(=O)n(C3CC3)c12. The van der Waals surface area contributed by atoms with Gasteiger partial charge in [-0.05, 0) is 31.6 Å². The van der Waals surface area contributed by atoms with E-state index in [2.05, 4.69) is 0 Å². The van der Waals surface area contributed by atoms with E-state index in [0.29, 0.717) is 32.1 Å². The Bertz CT molecular complexity index is 1210. The lowest BCUT2D eigenvalue weighted by atomic mass is 9.89. The molecule has 3 aliphatic rings. The first kappa shape index (κ1) is 22.3. The largest absolute Gasteiger partial charge is 0.492 e. The molecule has 2 saturated carbocycles. The highest BCUT2D eigenvalue weighted by atomic mass is 19.3. The number of fused-ring (bicyclic) bond motifs is 2. The van der Waals surface area contributed by atoms with Crippen molar-refractivity contribution in [2.24, 2.45) is 11.8 Å². The van der Waals surface area contributed by atoms with Gasteiger partial charge in [-0.3, -0.25) is 14.3 Å². The van der Waals surface area contributed by atoms with Crippen LogP contribution >= 0.6 is 0 Å². The van der Waals surface area contributed by atoms with E-state index in [1.807, 2.05) is 4.98 Å². The number of rotatable bonds is 4. The Morgan fingerprint density at radius 2 is 1.85 bits per heavy atom. The molecule has 3 fully saturated rings. The van der Waals surface area contributed by atoms with Gasteiger partial charge in [-0.1, -0.05) is 6.42 Å². The zero-order valence-electron chi connectivity index (χ0n) is 18.1. The standard InChI is InChI=1S/C22H26F3N3O5/c1-33-19-16-14(21(31)26-22(32)28(16)10-5-6-10)13(20(24)25)15(23)17(19)27-7-9-3-2-4-12(29)18(30)11(9)8-27/h9-12,18,20,29-30H,2-8H2,1H3,(H,26,31,32). The average molecular weight is 469 g/mol. The fourth-order valence-electron chi connectivity index (χ4n) is 5.65. The molecular weight excluding hydrogens is 443 g/mol. The van der Waals surface area contributed by atoms with Crippen LogP contribution in [0.4, 0.5) is 18.9 Å². The van der Waals surface area contributed by atoms with Crippen LogP contribution in [0.2, 0.25) is 0 Å². The van der Waals surface area contributed by atoms with Gasteiger partial charge in [-0.2, -0.15) is 0 Å². The molecule has 1 aromatic heterocycles. The summed E-state index contributed by atoms with van der Waals surface area (Å²) < 4.78 is 50.7. The topological polar surface area (TPSA) is 108 Å². The second kappa shape index (κ2) is 8.05. The predicted molar refractivity (Wildman–Crippen MR) is 114 cm³/mol. The Labute approximate surface area is 186 Å². The number of aromatic amines is 1. The first-order chi connectivity index (χ1) is 15.7. The molecule has 2 aromatic rings. The maximum atomic E-state index is 15.8. The molecule has 0 radical (unpaired) electrons. The maximum absolute atomic E-state index is 15.8. The summed E-state index contributed by atoms with van der Waals surface area (Å²) in [6, 6.07) is -0.295. The molecule has 0 spiro atoms. The number of aromatic nitrogens is 2. The summed E-state index contributed by atoms with van der Waals surface area (Å²) in [6.45, 7) is 0.397. The average Bonchev–Trinajstić information content (AvgIpc) is 3.52. The van der Waals surface area contributed by atoms with Crippen molar-refractivity contribution in [3.63, 3.8) is 0 Å². The van der Waals surface area contributed by atoms with E-state index in [1.54, 1.807) is 4.90 Å². The number of ether oxygens (including phenoxy) is 1. The number of alkyl halides is 2. The van der Waals surface area contributed by atoms with Gasteiger partial charge in [0.2, 0.25) is 0 Å². The highest BCUT2D eigenvalue weighted by Crippen LogP contribution is 2.48. The number of benzene rings is 1. The van der Waals surface area contributed by atoms with Crippen LogP contribution in [-0.4, -0.2) is 52.2 Å². The molecule has 0 amide bonds. The van der Waals surface area contributed by atoms with Gasteiger partial charge in [0.05, 0.1) is 30.3 Å². The normalized spacial score (nSPS) is 27.8. The molecule has 5 rings (SSSR count). The van der Waals surface area contributed by atoms with Gasteiger partial charge in [-0.15, -0.1) is 0 Å². The van der Waals surface area contributed by atoms with E-state index in [1.165, 1.54) is 11.7 Å². The number of aliphatic hydroxyl groups is 2. The van der Waals surface area contributed by atoms with Gasteiger partial charge in [-0.25, -0.2) is 18.0 Å². The Hall–Kier alpha value is -2.53. The zero-order chi connectivity index (χ0) is 23.6. The van der Waals surface area contributed by atoms with Crippen LogP contribution in [0, 0.1) is 17.7 Å². The molecule has 1 aliphatic heterocycles. The van der Waals surface area contributed by atoms with Crippen LogP contribution in [-0.2, 0) is 0 Å². The van der Waals surface area contributed by atoms with E-state index in [0.717, 1.165) is 0 Å². The summed E-state index contributed by atoms with van der Waals surface area (Å²) in [6.07, 6.45) is -2.13. The summed E-state index contributed by atoms with van der Waals surface area (Å²) in [5.41, 5.74) is -3.28. The van der Waals surface area contributed by atoms with Crippen molar-refractivity contribution >= 4 is 16.6 Å². The van der Waals surface area contributed by atoms with Gasteiger partial charge < -0.3 is 19.8 Å². The van der Waals surface area contributed by atoms with Gasteiger partial charge >= 0.3 is 5.69 Å². The summed E-state index contributed by atoms with van der Waals surface area (Å²) in [4.78, 5) is 28.8. The monoisotopic (exact) mass is 469 g/mol. The van der Waals surface area contributed by atoms with Gasteiger partial charge in [0, 0.05) is 25.0 Å². The third-order valence-electron chi connectivity index (χ3n) is 7.34. The summed E-state index contributed by atoms with van der Waals surface area (Å²) in [5, 5.41) is 20.2. The molecule has 1 aromatic carbocycles. The lowest BCUT2D eigenvalue weighted by molar-refractivity contribution is -0.0161. The molecular formula is C22H26F3N3O5. The van der Waals surface area contributed by atoms with E-state index in [-0.39, 0.29) is 47.9 Å². The molecule has 2 heterocycles. The number of hydrogen-bond acceptors (Lipinski definition) is 6. The zero-order valence-corrected chi connectivity index (χ0v) is 18.1. The molecule has 2 aliphatic carbocycles. The quantitative estimate of drug-likeness (QED) is 0.633. The van der Waals surface area contributed by atoms with Crippen LogP contribution in [0.25, 0.3) is 10.9 Å². The molecule has 1 saturated heterocycles. The number of methoxy groups -OCH3 is 1. The van der Waals surface area contributed by atoms with Crippen molar-refractivity contribution in [1.82, 2.24) is 9.55 Å². The van der Waals surface area contributed by atoms with Crippen molar-refractivity contribution in [2.45, 2.75) is 56.8 Å². The van der Waals surface area contributed by atoms with Crippen molar-refractivity contribution < 1.29 is 28.1 Å². The van der Waals surface area contributed by atoms with Crippen LogP contribution in [0.3, 0.4) is 0 Å². The Morgan fingerprint density at radius 3 is 2.48 bits per heavy atom. The molecule has 33 heavy (non-hydrogen) atoms. The fraction of sp³-hybridized carbons (Fsp3) is 0.636. The second-order valence-corrected chi connectivity index (χ2v) is 9.31. The molecule has 4 unspecified atom stereocenters. The third kappa shape index (κ3) is 3.43. The van der Waals surface area contributed by atoms with Crippen molar-refractivity contribution in [3.8, 4) is 5.75 Å². The smallest absolute Gasteiger partial charge is 0.329 e. The number of nitrogens with one attached hydrogen (secondary N) is 1. The lowest BCUT2D eigenvalue weighted by Crippen LogP contribution is -2.36. The second-order valence-electron chi connectivity index (χ2n) is 9.31. The summed E-state index contributed by atoms with van der Waals surface area (Å²) >= 11 is 0. The molecule has 180 valence electrons. The van der Waals surface area contributed by atoms with E-state index in [4.69, 9.17) is 4.74 Å². The number of halogens is 3. The van der Waals surface area contributed by atoms with Crippen LogP contribution in [0.1, 0.15) is 50.1 Å². The Kier molecular flexibility index (Phi) is 5.43. The minimum atomic E-state index is -3.30. The first-order valence-corrected chi connectivity index (χ1v) is 11.2. The fourth-order valence-corrected chi connectivity index (χ4v) is 5.65. The highest BCUT2D eigenvalue weighted by Gasteiger charge is 2.44. The third-order valence-corrected chi connectivity index (χ3v) is 7.34. The first-order valence-electron chi connectivity index (χ1n) is 11.2. The molecule has 8 nitrogen and oxygen atoms in total. The van der Waals surface area contributed by atoms with Crippen molar-refractivity contribution in [2.75, 3.05) is 25.1 Å². The Morgan fingerprint density at radius 1 is 1.12 bits per heavy atom. The van der Waals surface area contributed by atoms with E-state index in [9.17, 15) is 28.6 Å². The highest BCUT2D eigenvalue weighted by molar-refractivity contribution is 5.94. The molecule has 4 atom stereocenters. The van der Waals surface area contributed by atoms with Crippen LogP contribution in [0.15, 0.2) is 9.59 Å². The van der Waals surface area contributed by atoms with Crippen molar-refractivity contribution in [1.29, 1.82) is 0 Å². The lowest BCUT2D eigenvalue weighted by Gasteiger charge is -2.27. The number of hydrogen-bond donors (Lipinski definition) is 3. The number of H-pyrrole nitrogens is 1. The summed E-state index contributed by atoms with van der Waals surface area (Å²) in [5.74, 6) is -1.86. The number of anilines is 1. The predicted octanol–water partition coefficient (Wildman–Crippen LogP) is 2.07. The van der Waals surface area contributed by atoms with Gasteiger partial charge in [0.25, 0.3) is 12.0 Å². The van der Waals surface area contributed by atoms with E-state index < -0.39 is 46.6 Å². The Balaban J connectivity index is 1.77. The van der Waals surface area contributed by atoms with Crippen molar-refractivity contribution in [3.05, 3.63) is 32.2 Å².